The van der Waals surface area contributed by atoms with Crippen molar-refractivity contribution in [2.75, 3.05) is 13.1 Å². The summed E-state index contributed by atoms with van der Waals surface area (Å²) in [6, 6.07) is 0.956. The SMILES string of the molecule is O=C(O)CC(=O)NC1CCN(C2CC2)CC1. The number of nitrogens with zero attached hydrogens (tertiary/aromatic N) is 1. The Bertz CT molecular complexity index is 281. The second-order valence-corrected chi connectivity index (χ2v) is 4.68. The number of likely N-dealkylation sites (tertiary alicyclic amines) is 1. The van der Waals surface area contributed by atoms with Crippen LogP contribution in [0.3, 0.4) is 0 Å². The van der Waals surface area contributed by atoms with E-state index in [4.69, 9.17) is 5.11 Å². The van der Waals surface area contributed by atoms with Gasteiger partial charge >= 0.3 is 5.97 Å². The van der Waals surface area contributed by atoms with Gasteiger partial charge in [0.05, 0.1) is 0 Å². The molecule has 2 fully saturated rings. The van der Waals surface area contributed by atoms with Crippen LogP contribution in [0, 0.1) is 0 Å². The maximum atomic E-state index is 11.2. The summed E-state index contributed by atoms with van der Waals surface area (Å²) in [4.78, 5) is 24.0. The average Bonchev–Trinajstić information content (AvgIpc) is 3.00. The number of carboxylic acids is 1. The fourth-order valence-corrected chi connectivity index (χ4v) is 2.26. The number of carbonyl (C=O) groups excluding carboxylic acids is 1. The topological polar surface area (TPSA) is 69.6 Å². The molecule has 1 amide bonds. The highest BCUT2D eigenvalue weighted by atomic mass is 16.4. The minimum Gasteiger partial charge on any atom is -0.481 e. The van der Waals surface area contributed by atoms with Gasteiger partial charge in [0.1, 0.15) is 6.42 Å². The maximum Gasteiger partial charge on any atom is 0.312 e. The predicted molar refractivity (Wildman–Crippen MR) is 58.0 cm³/mol. The second kappa shape index (κ2) is 4.82. The van der Waals surface area contributed by atoms with Gasteiger partial charge < -0.3 is 15.3 Å². The number of hydrogen-bond acceptors (Lipinski definition) is 3. The predicted octanol–water partition coefficient (Wildman–Crippen LogP) is 0.204. The lowest BCUT2D eigenvalue weighted by Gasteiger charge is -2.32. The minimum absolute atomic E-state index is 0.168. The van der Waals surface area contributed by atoms with Gasteiger partial charge in [-0.15, -0.1) is 0 Å². The van der Waals surface area contributed by atoms with Crippen LogP contribution < -0.4 is 5.32 Å². The van der Waals surface area contributed by atoms with Gasteiger partial charge in [0.25, 0.3) is 0 Å². The van der Waals surface area contributed by atoms with Crippen LogP contribution in [0.4, 0.5) is 0 Å². The van der Waals surface area contributed by atoms with Crippen LogP contribution in [0.5, 0.6) is 0 Å². The van der Waals surface area contributed by atoms with Crippen molar-refractivity contribution >= 4 is 11.9 Å². The Kier molecular flexibility index (Phi) is 3.43. The third kappa shape index (κ3) is 3.20. The van der Waals surface area contributed by atoms with Crippen LogP contribution in [0.2, 0.25) is 0 Å². The Hall–Kier alpha value is -1.10. The summed E-state index contributed by atoms with van der Waals surface area (Å²) >= 11 is 0. The molecule has 0 atom stereocenters. The first kappa shape index (κ1) is 11.4. The largest absolute Gasteiger partial charge is 0.481 e. The molecule has 5 heteroatoms. The van der Waals surface area contributed by atoms with Crippen LogP contribution >= 0.6 is 0 Å². The molecule has 2 rings (SSSR count). The lowest BCUT2D eigenvalue weighted by Crippen LogP contribution is -2.45. The normalized spacial score (nSPS) is 23.0. The summed E-state index contributed by atoms with van der Waals surface area (Å²) in [6.45, 7) is 2.06. The van der Waals surface area contributed by atoms with E-state index in [1.807, 2.05) is 0 Å². The first-order chi connectivity index (χ1) is 7.65. The molecule has 0 aromatic heterocycles. The molecule has 1 heterocycles. The number of carboxylic acid groups (broad SMARTS) is 1. The Balaban J connectivity index is 1.68. The zero-order valence-corrected chi connectivity index (χ0v) is 9.32. The third-order valence-electron chi connectivity index (χ3n) is 3.27. The molecule has 5 nitrogen and oxygen atoms in total. The molecule has 16 heavy (non-hydrogen) atoms. The molecular formula is C11H18N2O3. The molecule has 2 aliphatic rings. The number of nitrogens with one attached hydrogen (secondary N) is 1. The van der Waals surface area contributed by atoms with E-state index in [0.717, 1.165) is 32.0 Å². The lowest BCUT2D eigenvalue weighted by molar-refractivity contribution is -0.140. The quantitative estimate of drug-likeness (QED) is 0.672. The Morgan fingerprint density at radius 2 is 1.81 bits per heavy atom. The summed E-state index contributed by atoms with van der Waals surface area (Å²) in [5.74, 6) is -1.43. The van der Waals surface area contributed by atoms with Crippen LogP contribution in [0.15, 0.2) is 0 Å². The summed E-state index contributed by atoms with van der Waals surface area (Å²) in [6.07, 6.45) is 4.11. The molecule has 0 aromatic rings. The highest BCUT2D eigenvalue weighted by Gasteiger charge is 2.32. The van der Waals surface area contributed by atoms with Gasteiger partial charge in [0.15, 0.2) is 0 Å². The molecule has 2 N–H and O–H groups in total. The van der Waals surface area contributed by atoms with E-state index >= 15 is 0 Å². The van der Waals surface area contributed by atoms with Crippen molar-refractivity contribution < 1.29 is 14.7 Å². The van der Waals surface area contributed by atoms with Gasteiger partial charge in [-0.2, -0.15) is 0 Å². The van der Waals surface area contributed by atoms with Crippen molar-refractivity contribution in [1.82, 2.24) is 10.2 Å². The van der Waals surface area contributed by atoms with Gasteiger partial charge in [-0.25, -0.2) is 0 Å². The van der Waals surface area contributed by atoms with E-state index in [0.29, 0.717) is 0 Å². The molecule has 1 aliphatic carbocycles. The standard InChI is InChI=1S/C11H18N2O3/c14-10(7-11(15)16)12-8-3-5-13(6-4-8)9-1-2-9/h8-9H,1-7H2,(H,12,14)(H,15,16). The van der Waals surface area contributed by atoms with Crippen LogP contribution in [-0.2, 0) is 9.59 Å². The smallest absolute Gasteiger partial charge is 0.312 e. The zero-order chi connectivity index (χ0) is 11.5. The van der Waals surface area contributed by atoms with E-state index in [1.54, 1.807) is 0 Å². The van der Waals surface area contributed by atoms with Crippen molar-refractivity contribution in [1.29, 1.82) is 0 Å². The van der Waals surface area contributed by atoms with Gasteiger partial charge in [-0.1, -0.05) is 0 Å². The number of amides is 1. The molecule has 0 bridgehead atoms. The van der Waals surface area contributed by atoms with Crippen molar-refractivity contribution in [3.05, 3.63) is 0 Å². The van der Waals surface area contributed by atoms with Crippen LogP contribution in [0.25, 0.3) is 0 Å². The van der Waals surface area contributed by atoms with E-state index in [-0.39, 0.29) is 11.9 Å². The third-order valence-corrected chi connectivity index (χ3v) is 3.27. The molecular weight excluding hydrogens is 208 g/mol. The van der Waals surface area contributed by atoms with Crippen molar-refractivity contribution in [2.45, 2.75) is 44.2 Å². The van der Waals surface area contributed by atoms with E-state index in [2.05, 4.69) is 10.2 Å². The van der Waals surface area contributed by atoms with Gasteiger partial charge in [0, 0.05) is 25.2 Å². The van der Waals surface area contributed by atoms with Crippen molar-refractivity contribution in [2.24, 2.45) is 0 Å². The fourth-order valence-electron chi connectivity index (χ4n) is 2.26. The average molecular weight is 226 g/mol. The highest BCUT2D eigenvalue weighted by Crippen LogP contribution is 2.29. The van der Waals surface area contributed by atoms with E-state index in [9.17, 15) is 9.59 Å². The molecule has 1 saturated heterocycles. The number of hydrogen-bond donors (Lipinski definition) is 2. The van der Waals surface area contributed by atoms with Crippen LogP contribution in [-0.4, -0.2) is 47.1 Å². The summed E-state index contributed by atoms with van der Waals surface area (Å²) in [5.41, 5.74) is 0. The molecule has 0 aromatic carbocycles. The Morgan fingerprint density at radius 3 is 2.31 bits per heavy atom. The number of carbonyl (C=O) groups is 2. The van der Waals surface area contributed by atoms with Crippen molar-refractivity contribution in [3.8, 4) is 0 Å². The van der Waals surface area contributed by atoms with Gasteiger partial charge in [0.2, 0.25) is 5.91 Å². The zero-order valence-electron chi connectivity index (χ0n) is 9.32. The Morgan fingerprint density at radius 1 is 1.19 bits per heavy atom. The second-order valence-electron chi connectivity index (χ2n) is 4.68. The van der Waals surface area contributed by atoms with E-state index < -0.39 is 12.4 Å². The number of aliphatic carboxylic acids is 1. The van der Waals surface area contributed by atoms with Crippen molar-refractivity contribution in [3.63, 3.8) is 0 Å². The van der Waals surface area contributed by atoms with E-state index in [1.165, 1.54) is 12.8 Å². The summed E-state index contributed by atoms with van der Waals surface area (Å²) in [7, 11) is 0. The first-order valence-corrected chi connectivity index (χ1v) is 5.90. The summed E-state index contributed by atoms with van der Waals surface area (Å²) in [5, 5.41) is 11.3. The number of rotatable bonds is 4. The number of piperidine rings is 1. The first-order valence-electron chi connectivity index (χ1n) is 5.90. The monoisotopic (exact) mass is 226 g/mol. The molecule has 1 saturated carbocycles. The lowest BCUT2D eigenvalue weighted by atomic mass is 10.0. The minimum atomic E-state index is -1.06. The molecule has 1 aliphatic heterocycles. The maximum absolute atomic E-state index is 11.2. The molecule has 0 unspecified atom stereocenters. The van der Waals surface area contributed by atoms with Gasteiger partial charge in [-0.05, 0) is 25.7 Å². The molecule has 90 valence electrons. The highest BCUT2D eigenvalue weighted by molar-refractivity contribution is 5.93. The summed E-state index contributed by atoms with van der Waals surface area (Å²) < 4.78 is 0. The Labute approximate surface area is 94.8 Å². The van der Waals surface area contributed by atoms with Gasteiger partial charge in [-0.3, -0.25) is 9.59 Å². The van der Waals surface area contributed by atoms with Crippen LogP contribution in [0.1, 0.15) is 32.1 Å². The molecule has 0 radical (unpaired) electrons. The molecule has 0 spiro atoms. The fraction of sp³-hybridized carbons (Fsp3) is 0.818.